The summed E-state index contributed by atoms with van der Waals surface area (Å²) in [7, 11) is 0. The molecule has 0 saturated heterocycles. The number of aromatic nitrogens is 1. The van der Waals surface area contributed by atoms with E-state index in [1.54, 1.807) is 24.3 Å². The van der Waals surface area contributed by atoms with Crippen LogP contribution in [-0.4, -0.2) is 16.6 Å². The number of hydrogen-bond donors (Lipinski definition) is 3. The van der Waals surface area contributed by atoms with Gasteiger partial charge in [-0.05, 0) is 43.7 Å². The third kappa shape index (κ3) is 2.17. The van der Waals surface area contributed by atoms with Crippen molar-refractivity contribution in [3.63, 3.8) is 0 Å². The van der Waals surface area contributed by atoms with Gasteiger partial charge in [0.2, 0.25) is 0 Å². The lowest BCUT2D eigenvalue weighted by Gasteiger charge is -2.13. The molecule has 3 N–H and O–H groups in total. The van der Waals surface area contributed by atoms with E-state index in [0.717, 1.165) is 34.1 Å². The van der Waals surface area contributed by atoms with Crippen molar-refractivity contribution in [1.82, 2.24) is 4.98 Å². The number of benzene rings is 3. The van der Waals surface area contributed by atoms with Crippen LogP contribution in [0.4, 0.5) is 5.69 Å². The predicted octanol–water partition coefficient (Wildman–Crippen LogP) is 4.01. The van der Waals surface area contributed by atoms with Gasteiger partial charge in [-0.1, -0.05) is 0 Å². The molecular weight excluding hydrogens is 302 g/mol. The van der Waals surface area contributed by atoms with E-state index >= 15 is 0 Å². The Balaban J connectivity index is 2.11. The molecule has 0 bridgehead atoms. The van der Waals surface area contributed by atoms with Gasteiger partial charge in [0.25, 0.3) is 0 Å². The van der Waals surface area contributed by atoms with Crippen LogP contribution in [0.5, 0.6) is 5.75 Å². The van der Waals surface area contributed by atoms with E-state index in [-0.39, 0.29) is 5.75 Å². The number of nitrogens with zero attached hydrogens (tertiary/aromatic N) is 1. The summed E-state index contributed by atoms with van der Waals surface area (Å²) in [6.45, 7) is 4.90. The smallest absolute Gasteiger partial charge is 0.155 e. The van der Waals surface area contributed by atoms with Gasteiger partial charge in [0, 0.05) is 35.1 Å². The minimum Gasteiger partial charge on any atom is -0.508 e. The highest BCUT2D eigenvalue weighted by molar-refractivity contribution is 5.97. The summed E-state index contributed by atoms with van der Waals surface area (Å²) in [5.41, 5.74) is 4.18. The maximum Gasteiger partial charge on any atom is 0.155 e. The van der Waals surface area contributed by atoms with Crippen LogP contribution in [0.3, 0.4) is 0 Å². The zero-order chi connectivity index (χ0) is 16.8. The van der Waals surface area contributed by atoms with E-state index in [1.807, 2.05) is 26.0 Å². The molecule has 4 rings (SSSR count). The molecule has 0 spiro atoms. The van der Waals surface area contributed by atoms with Gasteiger partial charge in [0.05, 0.1) is 5.36 Å². The number of nitrogens with one attached hydrogen (secondary N) is 2. The molecule has 2 aromatic rings. The van der Waals surface area contributed by atoms with Gasteiger partial charge >= 0.3 is 0 Å². The third-order valence-corrected chi connectivity index (χ3v) is 4.18. The highest BCUT2D eigenvalue weighted by Crippen LogP contribution is 2.33. The monoisotopic (exact) mass is 319 g/mol. The zero-order valence-corrected chi connectivity index (χ0v) is 13.5. The molecule has 0 atom stereocenters. The van der Waals surface area contributed by atoms with Crippen LogP contribution in [0, 0.1) is 12.3 Å². The van der Waals surface area contributed by atoms with Crippen LogP contribution < -0.4 is 10.7 Å². The molecule has 0 amide bonds. The molecule has 1 heterocycles. The molecule has 0 fully saturated rings. The van der Waals surface area contributed by atoms with Crippen LogP contribution in [0.25, 0.3) is 33.3 Å². The zero-order valence-electron chi connectivity index (χ0n) is 13.5. The number of aryl methyl sites for hydroxylation is 1. The topological polar surface area (TPSA) is 82.1 Å². The first-order valence-corrected chi connectivity index (χ1v) is 7.86. The Kier molecular flexibility index (Phi) is 3.16. The van der Waals surface area contributed by atoms with Crippen molar-refractivity contribution >= 4 is 27.6 Å². The second kappa shape index (κ2) is 5.23. The maximum atomic E-state index is 9.81. The summed E-state index contributed by atoms with van der Waals surface area (Å²) in [4.78, 5) is 4.73. The molecular formula is C19H17N3O2. The summed E-state index contributed by atoms with van der Waals surface area (Å²) in [5.74, 6) is 0.687. The molecule has 0 aromatic heterocycles. The molecule has 0 radical (unpaired) electrons. The lowest BCUT2D eigenvalue weighted by molar-refractivity contribution is 0.476. The number of rotatable bonds is 2. The average molecular weight is 319 g/mol. The van der Waals surface area contributed by atoms with Crippen molar-refractivity contribution in [3.05, 3.63) is 47.3 Å². The van der Waals surface area contributed by atoms with Crippen molar-refractivity contribution in [1.29, 1.82) is 5.41 Å². The highest BCUT2D eigenvalue weighted by atomic mass is 16.3. The Morgan fingerprint density at radius 2 is 2.00 bits per heavy atom. The minimum atomic E-state index is 0.148. The van der Waals surface area contributed by atoms with Crippen LogP contribution >= 0.6 is 0 Å². The fourth-order valence-corrected chi connectivity index (χ4v) is 3.03. The second-order valence-electron chi connectivity index (χ2n) is 5.88. The summed E-state index contributed by atoms with van der Waals surface area (Å²) < 4.78 is 6.01. The van der Waals surface area contributed by atoms with E-state index in [1.165, 1.54) is 0 Å². The van der Waals surface area contributed by atoms with Crippen molar-refractivity contribution in [2.75, 3.05) is 11.9 Å². The number of phenols is 1. The van der Waals surface area contributed by atoms with E-state index in [0.29, 0.717) is 22.4 Å². The van der Waals surface area contributed by atoms with Gasteiger partial charge < -0.3 is 20.2 Å². The number of aromatic hydroxyl groups is 1. The van der Waals surface area contributed by atoms with Crippen LogP contribution in [0.1, 0.15) is 12.5 Å². The van der Waals surface area contributed by atoms with Gasteiger partial charge in [-0.3, -0.25) is 0 Å². The van der Waals surface area contributed by atoms with E-state index in [9.17, 15) is 5.11 Å². The van der Waals surface area contributed by atoms with Gasteiger partial charge in [-0.2, -0.15) is 0 Å². The predicted molar refractivity (Wildman–Crippen MR) is 94.6 cm³/mol. The summed E-state index contributed by atoms with van der Waals surface area (Å²) in [6, 6.07) is 10.5. The molecule has 5 nitrogen and oxygen atoms in total. The molecule has 0 saturated carbocycles. The molecule has 0 unspecified atom stereocenters. The maximum absolute atomic E-state index is 9.81. The molecule has 2 aromatic carbocycles. The number of anilines is 1. The van der Waals surface area contributed by atoms with Gasteiger partial charge in [-0.15, -0.1) is 0 Å². The Bertz CT molecular complexity index is 1110. The van der Waals surface area contributed by atoms with Crippen LogP contribution in [-0.2, 0) is 0 Å². The molecule has 24 heavy (non-hydrogen) atoms. The molecule has 2 aliphatic rings. The normalized spacial score (nSPS) is 11.4. The van der Waals surface area contributed by atoms with Gasteiger partial charge in [0.15, 0.2) is 11.3 Å². The fraction of sp³-hybridized carbons (Fsp3) is 0.158. The lowest BCUT2D eigenvalue weighted by atomic mass is 10.0. The van der Waals surface area contributed by atoms with Crippen molar-refractivity contribution in [2.24, 2.45) is 0 Å². The fourth-order valence-electron chi connectivity index (χ4n) is 3.03. The van der Waals surface area contributed by atoms with E-state index in [2.05, 4.69) is 5.32 Å². The summed E-state index contributed by atoms with van der Waals surface area (Å²) in [6.07, 6.45) is 0. The first-order valence-electron chi connectivity index (χ1n) is 7.86. The standard InChI is InChI=1S/C19H17N3O2/c1-3-21-15-9-17-16(6-10(15)2)22-19-13-7-11(23)4-5-12(13)14(20)8-18(19)24-17/h4-9,20-21,23H,3H2,1-2H3. The second-order valence-corrected chi connectivity index (χ2v) is 5.88. The number of hydrogen-bond acceptors (Lipinski definition) is 5. The van der Waals surface area contributed by atoms with E-state index < -0.39 is 0 Å². The Morgan fingerprint density at radius 3 is 2.79 bits per heavy atom. The molecule has 1 aliphatic carbocycles. The van der Waals surface area contributed by atoms with Crippen molar-refractivity contribution in [2.45, 2.75) is 13.8 Å². The van der Waals surface area contributed by atoms with Crippen molar-refractivity contribution in [3.8, 4) is 17.2 Å². The SMILES string of the molecule is CCNc1cc2oc3cc(=N)c4ccc(O)cc4c-3nc2cc1C. The molecule has 1 aliphatic heterocycles. The van der Waals surface area contributed by atoms with Crippen molar-refractivity contribution < 1.29 is 9.52 Å². The average Bonchev–Trinajstić information content (AvgIpc) is 2.55. The Hall–Kier alpha value is -3.08. The summed E-state index contributed by atoms with van der Waals surface area (Å²) in [5, 5.41) is 23.1. The van der Waals surface area contributed by atoms with E-state index in [4.69, 9.17) is 14.8 Å². The highest BCUT2D eigenvalue weighted by Gasteiger charge is 2.15. The van der Waals surface area contributed by atoms with Gasteiger partial charge in [-0.25, -0.2) is 4.98 Å². The summed E-state index contributed by atoms with van der Waals surface area (Å²) >= 11 is 0. The molecule has 5 heteroatoms. The largest absolute Gasteiger partial charge is 0.508 e. The number of phenolic OH excluding ortho intramolecular Hbond substituents is 1. The van der Waals surface area contributed by atoms with Crippen LogP contribution in [0.2, 0.25) is 0 Å². The first kappa shape index (κ1) is 14.5. The first-order chi connectivity index (χ1) is 11.6. The van der Waals surface area contributed by atoms with Gasteiger partial charge in [0.1, 0.15) is 17.0 Å². The Labute approximate surface area is 138 Å². The molecule has 120 valence electrons. The number of fused-ring (bicyclic) bond motifs is 4. The minimum absolute atomic E-state index is 0.148. The quantitative estimate of drug-likeness (QED) is 0.385. The Morgan fingerprint density at radius 1 is 1.17 bits per heavy atom. The van der Waals surface area contributed by atoms with Crippen LogP contribution in [0.15, 0.2) is 40.8 Å². The third-order valence-electron chi connectivity index (χ3n) is 4.18. The lowest BCUT2D eigenvalue weighted by Crippen LogP contribution is -2.04.